The molecule has 5 heteroatoms. The Kier molecular flexibility index (Phi) is 3.83. The summed E-state index contributed by atoms with van der Waals surface area (Å²) in [5.74, 6) is 1.56. The Hall–Kier alpha value is -1.91. The number of carbonyl (C=O) groups is 1. The van der Waals surface area contributed by atoms with E-state index in [0.717, 1.165) is 12.8 Å². The van der Waals surface area contributed by atoms with Crippen LogP contribution in [0.2, 0.25) is 0 Å². The molecule has 0 saturated heterocycles. The van der Waals surface area contributed by atoms with Crippen LogP contribution in [-0.2, 0) is 0 Å². The number of hydrogen-bond donors (Lipinski definition) is 2. The first-order valence-corrected chi connectivity index (χ1v) is 6.37. The molecule has 1 aliphatic rings. The van der Waals surface area contributed by atoms with Crippen LogP contribution in [0, 0.1) is 5.92 Å². The maximum Gasteiger partial charge on any atom is 0.253 e. The van der Waals surface area contributed by atoms with Crippen LogP contribution < -0.4 is 20.5 Å². The maximum atomic E-state index is 12.2. The Morgan fingerprint density at radius 2 is 1.84 bits per heavy atom. The highest BCUT2D eigenvalue weighted by molar-refractivity contribution is 6.00. The minimum Gasteiger partial charge on any atom is -0.493 e. The zero-order valence-corrected chi connectivity index (χ0v) is 11.5. The van der Waals surface area contributed by atoms with Crippen LogP contribution in [0.4, 0.5) is 5.69 Å². The first kappa shape index (κ1) is 13.5. The normalized spacial score (nSPS) is 21.4. The summed E-state index contributed by atoms with van der Waals surface area (Å²) in [6.07, 6.45) is 2.05. The lowest BCUT2D eigenvalue weighted by Crippen LogP contribution is -2.43. The summed E-state index contributed by atoms with van der Waals surface area (Å²) >= 11 is 0. The fourth-order valence-electron chi connectivity index (χ4n) is 2.37. The summed E-state index contributed by atoms with van der Waals surface area (Å²) in [5.41, 5.74) is 6.71. The third-order valence-electron chi connectivity index (χ3n) is 3.51. The van der Waals surface area contributed by atoms with Crippen molar-refractivity contribution < 1.29 is 14.3 Å². The average Bonchev–Trinajstić information content (AvgIpc) is 2.36. The summed E-state index contributed by atoms with van der Waals surface area (Å²) in [5, 5.41) is 2.98. The summed E-state index contributed by atoms with van der Waals surface area (Å²) in [4.78, 5) is 12.2. The van der Waals surface area contributed by atoms with Crippen molar-refractivity contribution >= 4 is 11.6 Å². The van der Waals surface area contributed by atoms with E-state index in [4.69, 9.17) is 15.2 Å². The molecule has 0 atom stereocenters. The predicted octanol–water partition coefficient (Wildman–Crippen LogP) is 1.81. The fourth-order valence-corrected chi connectivity index (χ4v) is 2.37. The highest BCUT2D eigenvalue weighted by Crippen LogP contribution is 2.32. The minimum absolute atomic E-state index is 0.157. The molecule has 1 aromatic rings. The average molecular weight is 264 g/mol. The van der Waals surface area contributed by atoms with Crippen LogP contribution in [0.1, 0.15) is 30.1 Å². The molecule has 0 heterocycles. The predicted molar refractivity (Wildman–Crippen MR) is 73.6 cm³/mol. The summed E-state index contributed by atoms with van der Waals surface area (Å²) in [6.45, 7) is 2.17. The molecule has 19 heavy (non-hydrogen) atoms. The molecule has 2 rings (SSSR count). The molecule has 1 amide bonds. The van der Waals surface area contributed by atoms with Crippen molar-refractivity contribution in [3.63, 3.8) is 0 Å². The quantitative estimate of drug-likeness (QED) is 0.813. The van der Waals surface area contributed by atoms with Gasteiger partial charge in [-0.05, 0) is 24.8 Å². The molecule has 104 valence electrons. The Bertz CT molecular complexity index is 482. The van der Waals surface area contributed by atoms with Crippen molar-refractivity contribution in [2.24, 2.45) is 5.92 Å². The molecule has 3 N–H and O–H groups in total. The molecule has 0 aromatic heterocycles. The maximum absolute atomic E-state index is 12.2. The molecular weight excluding hydrogens is 244 g/mol. The molecule has 5 nitrogen and oxygen atoms in total. The zero-order chi connectivity index (χ0) is 14.0. The zero-order valence-electron chi connectivity index (χ0n) is 11.5. The van der Waals surface area contributed by atoms with E-state index in [2.05, 4.69) is 12.2 Å². The van der Waals surface area contributed by atoms with Gasteiger partial charge in [0, 0.05) is 17.8 Å². The fraction of sp³-hybridized carbons (Fsp3) is 0.500. The highest BCUT2D eigenvalue weighted by atomic mass is 16.5. The van der Waals surface area contributed by atoms with Gasteiger partial charge in [0.25, 0.3) is 5.91 Å². The van der Waals surface area contributed by atoms with E-state index in [1.165, 1.54) is 14.2 Å². The van der Waals surface area contributed by atoms with E-state index < -0.39 is 0 Å². The lowest BCUT2D eigenvalue weighted by molar-refractivity contribution is 0.0896. The highest BCUT2D eigenvalue weighted by Gasteiger charge is 2.27. The van der Waals surface area contributed by atoms with E-state index in [1.54, 1.807) is 12.1 Å². The van der Waals surface area contributed by atoms with Crippen molar-refractivity contribution in [1.82, 2.24) is 5.32 Å². The number of amides is 1. The van der Waals surface area contributed by atoms with Gasteiger partial charge in [-0.25, -0.2) is 0 Å². The van der Waals surface area contributed by atoms with Crippen molar-refractivity contribution in [3.05, 3.63) is 17.7 Å². The van der Waals surface area contributed by atoms with Crippen molar-refractivity contribution in [1.29, 1.82) is 0 Å². The molecule has 1 aliphatic carbocycles. The molecule has 1 saturated carbocycles. The van der Waals surface area contributed by atoms with Crippen LogP contribution in [0.15, 0.2) is 12.1 Å². The number of hydrogen-bond acceptors (Lipinski definition) is 4. The first-order valence-electron chi connectivity index (χ1n) is 6.37. The number of nitrogens with two attached hydrogens (primary N) is 1. The van der Waals surface area contributed by atoms with E-state index >= 15 is 0 Å². The number of anilines is 1. The number of nitrogens with one attached hydrogen (secondary N) is 1. The van der Waals surface area contributed by atoms with Gasteiger partial charge in [0.05, 0.1) is 19.8 Å². The number of benzene rings is 1. The minimum atomic E-state index is -0.157. The van der Waals surface area contributed by atoms with E-state index in [0.29, 0.717) is 28.7 Å². The van der Waals surface area contributed by atoms with Crippen LogP contribution in [0.3, 0.4) is 0 Å². The van der Waals surface area contributed by atoms with Gasteiger partial charge in [-0.3, -0.25) is 4.79 Å². The monoisotopic (exact) mass is 264 g/mol. The Morgan fingerprint density at radius 1 is 1.26 bits per heavy atom. The third-order valence-corrected chi connectivity index (χ3v) is 3.51. The van der Waals surface area contributed by atoms with Gasteiger partial charge < -0.3 is 20.5 Å². The summed E-state index contributed by atoms with van der Waals surface area (Å²) < 4.78 is 10.3. The number of carbonyl (C=O) groups excluding carboxylic acids is 1. The third kappa shape index (κ3) is 2.75. The molecule has 1 aromatic carbocycles. The Morgan fingerprint density at radius 3 is 2.37 bits per heavy atom. The first-order chi connectivity index (χ1) is 9.05. The smallest absolute Gasteiger partial charge is 0.253 e. The van der Waals surface area contributed by atoms with Crippen molar-refractivity contribution in [2.45, 2.75) is 25.8 Å². The van der Waals surface area contributed by atoms with E-state index in [-0.39, 0.29) is 11.9 Å². The van der Waals surface area contributed by atoms with Crippen LogP contribution >= 0.6 is 0 Å². The van der Waals surface area contributed by atoms with Gasteiger partial charge in [0.1, 0.15) is 0 Å². The van der Waals surface area contributed by atoms with Gasteiger partial charge in [0.2, 0.25) is 0 Å². The Labute approximate surface area is 113 Å². The molecule has 0 spiro atoms. The number of ether oxygens (including phenoxy) is 2. The van der Waals surface area contributed by atoms with Gasteiger partial charge in [-0.15, -0.1) is 0 Å². The van der Waals surface area contributed by atoms with E-state index in [9.17, 15) is 4.79 Å². The largest absolute Gasteiger partial charge is 0.493 e. The van der Waals surface area contributed by atoms with Gasteiger partial charge in [-0.2, -0.15) is 0 Å². The number of methoxy groups -OCH3 is 2. The number of rotatable bonds is 4. The summed E-state index contributed by atoms with van der Waals surface area (Å²) in [6, 6.07) is 3.48. The molecule has 0 aliphatic heterocycles. The second-order valence-electron chi connectivity index (χ2n) is 5.04. The van der Waals surface area contributed by atoms with Gasteiger partial charge in [-0.1, -0.05) is 6.92 Å². The van der Waals surface area contributed by atoms with Crippen molar-refractivity contribution in [2.75, 3.05) is 20.0 Å². The van der Waals surface area contributed by atoms with Gasteiger partial charge >= 0.3 is 0 Å². The van der Waals surface area contributed by atoms with Crippen LogP contribution in [0.25, 0.3) is 0 Å². The van der Waals surface area contributed by atoms with Crippen LogP contribution in [0.5, 0.6) is 11.5 Å². The van der Waals surface area contributed by atoms with E-state index in [1.807, 2.05) is 0 Å². The second kappa shape index (κ2) is 5.38. The standard InChI is InChI=1S/C14H20N2O3/c1-8-4-9(5-8)16-14(17)10-6-12(18-2)13(19-3)7-11(10)15/h6-9H,4-5,15H2,1-3H3,(H,16,17). The lowest BCUT2D eigenvalue weighted by Gasteiger charge is -2.33. The molecule has 1 fully saturated rings. The summed E-state index contributed by atoms with van der Waals surface area (Å²) in [7, 11) is 3.07. The molecule has 0 bridgehead atoms. The SMILES string of the molecule is COc1cc(N)c(C(=O)NC2CC(C)C2)cc1OC. The second-order valence-corrected chi connectivity index (χ2v) is 5.04. The lowest BCUT2D eigenvalue weighted by atomic mass is 9.82. The number of nitrogen functional groups attached to an aromatic ring is 1. The Balaban J connectivity index is 2.16. The van der Waals surface area contributed by atoms with Crippen molar-refractivity contribution in [3.8, 4) is 11.5 Å². The van der Waals surface area contributed by atoms with Gasteiger partial charge in [0.15, 0.2) is 11.5 Å². The van der Waals surface area contributed by atoms with Crippen LogP contribution in [-0.4, -0.2) is 26.2 Å². The molecular formula is C14H20N2O3. The molecule has 0 radical (unpaired) electrons. The topological polar surface area (TPSA) is 73.6 Å². The molecule has 0 unspecified atom stereocenters.